The van der Waals surface area contributed by atoms with Crippen LogP contribution in [0.3, 0.4) is 0 Å². The van der Waals surface area contributed by atoms with Gasteiger partial charge in [0, 0.05) is 38.1 Å². The third kappa shape index (κ3) is 3.10. The van der Waals surface area contributed by atoms with Crippen molar-refractivity contribution in [3.8, 4) is 28.7 Å². The summed E-state index contributed by atoms with van der Waals surface area (Å²) in [7, 11) is 0. The van der Waals surface area contributed by atoms with E-state index < -0.39 is 0 Å². The zero-order valence-corrected chi connectivity index (χ0v) is 23.5. The fraction of sp³-hybridized carbons (Fsp3) is 0. The van der Waals surface area contributed by atoms with Crippen molar-refractivity contribution >= 4 is 59.9 Å². The van der Waals surface area contributed by atoms with E-state index in [1.807, 2.05) is 36.4 Å². The summed E-state index contributed by atoms with van der Waals surface area (Å²) in [6, 6.07) is 48.8. The lowest BCUT2D eigenvalue weighted by atomic mass is 9.98. The van der Waals surface area contributed by atoms with Crippen LogP contribution in [0.4, 0.5) is 0 Å². The minimum atomic E-state index is 0.593. The predicted octanol–water partition coefficient (Wildman–Crippen LogP) is 9.45. The molecule has 0 spiro atoms. The molecule has 0 aliphatic heterocycles. The van der Waals surface area contributed by atoms with Crippen molar-refractivity contribution in [3.05, 3.63) is 140 Å². The van der Waals surface area contributed by atoms with Gasteiger partial charge >= 0.3 is 0 Å². The molecular formula is C39H23N5. The number of para-hydroxylation sites is 2. The number of fused-ring (bicyclic) bond motifs is 8. The molecule has 4 aromatic heterocycles. The third-order valence-corrected chi connectivity index (χ3v) is 8.90. The molecule has 0 bridgehead atoms. The summed E-state index contributed by atoms with van der Waals surface area (Å²) >= 11 is 0. The molecule has 0 atom stereocenters. The molecule has 0 fully saturated rings. The maximum absolute atomic E-state index is 5.18. The second-order valence-corrected chi connectivity index (χ2v) is 11.3. The summed E-state index contributed by atoms with van der Waals surface area (Å²) in [4.78, 5) is 15.3. The summed E-state index contributed by atoms with van der Waals surface area (Å²) in [5.74, 6) is 1.88. The van der Waals surface area contributed by atoms with E-state index in [0.29, 0.717) is 17.6 Å². The van der Waals surface area contributed by atoms with Crippen LogP contribution in [0.25, 0.3) is 88.6 Å². The summed E-state index contributed by atoms with van der Waals surface area (Å²) in [6.45, 7) is 0. The van der Waals surface area contributed by atoms with Gasteiger partial charge in [0.25, 0.3) is 0 Å². The Morgan fingerprint density at radius 1 is 0.409 bits per heavy atom. The highest BCUT2D eigenvalue weighted by Gasteiger charge is 2.25. The Morgan fingerprint density at radius 2 is 1.02 bits per heavy atom. The Bertz CT molecular complexity index is 2650. The van der Waals surface area contributed by atoms with Crippen LogP contribution < -0.4 is 0 Å². The Hall–Kier alpha value is -6.07. The number of pyridine rings is 1. The first kappa shape index (κ1) is 23.5. The monoisotopic (exact) mass is 561 g/mol. The number of aromatic nitrogens is 5. The number of rotatable bonds is 3. The van der Waals surface area contributed by atoms with Gasteiger partial charge in [0.05, 0.1) is 16.6 Å². The van der Waals surface area contributed by atoms with Gasteiger partial charge in [-0.3, -0.25) is 8.97 Å². The highest BCUT2D eigenvalue weighted by molar-refractivity contribution is 6.32. The Morgan fingerprint density at radius 3 is 1.75 bits per heavy atom. The summed E-state index contributed by atoms with van der Waals surface area (Å²) in [5.41, 5.74) is 6.39. The van der Waals surface area contributed by atoms with Gasteiger partial charge in [-0.15, -0.1) is 0 Å². The van der Waals surface area contributed by atoms with Crippen molar-refractivity contribution in [2.75, 3.05) is 0 Å². The molecule has 10 aromatic rings. The van der Waals surface area contributed by atoms with Crippen LogP contribution in [0.2, 0.25) is 0 Å². The first-order valence-electron chi connectivity index (χ1n) is 14.8. The molecule has 204 valence electrons. The normalized spacial score (nSPS) is 12.1. The standard InChI is InChI=1S/C39H23N5/c1-3-12-25(13-4-1)36-40-37(26-14-5-2-6-15-26)42-39(41-36)44-32-21-10-8-18-29(32)34-30-23-22-24-16-11-19-28-27-17-7-9-20-31(27)43(38(34)44)35(30)33(24)28/h1-23H. The molecule has 0 radical (unpaired) electrons. The minimum Gasteiger partial charge on any atom is -0.294 e. The second kappa shape index (κ2) is 8.72. The maximum Gasteiger partial charge on any atom is 0.239 e. The van der Waals surface area contributed by atoms with Crippen LogP contribution in [0.1, 0.15) is 0 Å². The molecule has 0 N–H and O–H groups in total. The van der Waals surface area contributed by atoms with Gasteiger partial charge in [0.15, 0.2) is 11.6 Å². The van der Waals surface area contributed by atoms with Gasteiger partial charge in [-0.2, -0.15) is 9.97 Å². The molecule has 0 unspecified atom stereocenters. The fourth-order valence-corrected chi connectivity index (χ4v) is 7.06. The van der Waals surface area contributed by atoms with Crippen LogP contribution in [-0.4, -0.2) is 23.9 Å². The van der Waals surface area contributed by atoms with Gasteiger partial charge < -0.3 is 0 Å². The average molecular weight is 562 g/mol. The van der Waals surface area contributed by atoms with Crippen molar-refractivity contribution in [2.24, 2.45) is 0 Å². The van der Waals surface area contributed by atoms with Crippen LogP contribution in [-0.2, 0) is 0 Å². The highest BCUT2D eigenvalue weighted by Crippen LogP contribution is 2.45. The van der Waals surface area contributed by atoms with E-state index in [1.165, 1.54) is 43.2 Å². The molecule has 0 aliphatic rings. The van der Waals surface area contributed by atoms with E-state index in [9.17, 15) is 0 Å². The van der Waals surface area contributed by atoms with Crippen molar-refractivity contribution in [1.82, 2.24) is 23.9 Å². The van der Waals surface area contributed by atoms with Crippen LogP contribution in [0, 0.1) is 0 Å². The van der Waals surface area contributed by atoms with Crippen molar-refractivity contribution in [1.29, 1.82) is 0 Å². The second-order valence-electron chi connectivity index (χ2n) is 11.3. The summed E-state index contributed by atoms with van der Waals surface area (Å²) < 4.78 is 4.67. The first-order chi connectivity index (χ1) is 21.8. The fourth-order valence-electron chi connectivity index (χ4n) is 7.06. The van der Waals surface area contributed by atoms with Crippen LogP contribution in [0.5, 0.6) is 0 Å². The molecule has 0 saturated carbocycles. The lowest BCUT2D eigenvalue weighted by Crippen LogP contribution is -2.07. The zero-order chi connectivity index (χ0) is 28.8. The smallest absolute Gasteiger partial charge is 0.239 e. The van der Waals surface area contributed by atoms with Gasteiger partial charge in [0.2, 0.25) is 5.95 Å². The molecule has 44 heavy (non-hydrogen) atoms. The molecule has 0 amide bonds. The van der Waals surface area contributed by atoms with Crippen LogP contribution >= 0.6 is 0 Å². The average Bonchev–Trinajstić information content (AvgIpc) is 3.62. The molecule has 6 aromatic carbocycles. The van der Waals surface area contributed by atoms with Crippen LogP contribution in [0.15, 0.2) is 140 Å². The first-order valence-corrected chi connectivity index (χ1v) is 14.8. The molecular weight excluding hydrogens is 538 g/mol. The largest absolute Gasteiger partial charge is 0.294 e. The molecule has 5 heteroatoms. The van der Waals surface area contributed by atoms with Crippen molar-refractivity contribution in [2.45, 2.75) is 0 Å². The van der Waals surface area contributed by atoms with Gasteiger partial charge in [-0.1, -0.05) is 127 Å². The minimum absolute atomic E-state index is 0.593. The topological polar surface area (TPSA) is 48.0 Å². The van der Waals surface area contributed by atoms with E-state index in [0.717, 1.165) is 27.8 Å². The molecule has 0 saturated heterocycles. The molecule has 0 aliphatic carbocycles. The third-order valence-electron chi connectivity index (χ3n) is 8.90. The number of nitrogens with zero attached hydrogens (tertiary/aromatic N) is 5. The van der Waals surface area contributed by atoms with Gasteiger partial charge in [-0.25, -0.2) is 4.98 Å². The van der Waals surface area contributed by atoms with E-state index in [4.69, 9.17) is 15.0 Å². The lowest BCUT2D eigenvalue weighted by Gasteiger charge is -2.15. The van der Waals surface area contributed by atoms with Gasteiger partial charge in [0.1, 0.15) is 5.65 Å². The lowest BCUT2D eigenvalue weighted by molar-refractivity contribution is 0.942. The van der Waals surface area contributed by atoms with E-state index in [1.54, 1.807) is 0 Å². The summed E-state index contributed by atoms with van der Waals surface area (Å²) in [5, 5.41) is 8.60. The molecule has 4 heterocycles. The van der Waals surface area contributed by atoms with Crippen molar-refractivity contribution in [3.63, 3.8) is 0 Å². The van der Waals surface area contributed by atoms with Crippen molar-refractivity contribution < 1.29 is 0 Å². The van der Waals surface area contributed by atoms with E-state index >= 15 is 0 Å². The molecule has 5 nitrogen and oxygen atoms in total. The highest BCUT2D eigenvalue weighted by atomic mass is 15.2. The zero-order valence-electron chi connectivity index (χ0n) is 23.5. The Balaban J connectivity index is 1.44. The number of hydrogen-bond acceptors (Lipinski definition) is 3. The molecule has 10 rings (SSSR count). The SMILES string of the molecule is c1ccc(-c2nc(-c3ccccc3)nc(-n3c4ccccc4c4c5ccc6cccc7c8ccccc8n(c5c67)c43)n2)cc1. The predicted molar refractivity (Wildman–Crippen MR) is 180 cm³/mol. The van der Waals surface area contributed by atoms with E-state index in [2.05, 4.69) is 112 Å². The quantitative estimate of drug-likeness (QED) is 0.159. The van der Waals surface area contributed by atoms with E-state index in [-0.39, 0.29) is 0 Å². The number of hydrogen-bond donors (Lipinski definition) is 0. The maximum atomic E-state index is 5.18. The Kier molecular flexibility index (Phi) is 4.66. The summed E-state index contributed by atoms with van der Waals surface area (Å²) in [6.07, 6.45) is 0. The number of benzene rings is 6. The Labute approximate surface area is 251 Å². The van der Waals surface area contributed by atoms with Gasteiger partial charge in [-0.05, 0) is 22.9 Å².